The van der Waals surface area contributed by atoms with Gasteiger partial charge in [-0.05, 0) is 64.7 Å². The fourth-order valence-corrected chi connectivity index (χ4v) is 2.82. The van der Waals surface area contributed by atoms with Crippen LogP contribution in [0.15, 0.2) is 0 Å². The fourth-order valence-electron chi connectivity index (χ4n) is 2.82. The highest BCUT2D eigenvalue weighted by molar-refractivity contribution is 4.87. The first-order chi connectivity index (χ1) is 7.09. The monoisotopic (exact) mass is 210 g/mol. The normalized spacial score (nSPS) is 28.0. The summed E-state index contributed by atoms with van der Waals surface area (Å²) in [6.45, 7) is 13.8. The first-order valence-electron chi connectivity index (χ1n) is 6.55. The Labute approximate surface area is 94.6 Å². The van der Waals surface area contributed by atoms with E-state index >= 15 is 0 Å². The predicted molar refractivity (Wildman–Crippen MR) is 65.1 cm³/mol. The average Bonchev–Trinajstić information content (AvgIpc) is 2.13. The van der Waals surface area contributed by atoms with E-state index in [0.29, 0.717) is 5.41 Å². The van der Waals surface area contributed by atoms with Gasteiger partial charge in [0, 0.05) is 12.6 Å². The second-order valence-electron chi connectivity index (χ2n) is 6.07. The van der Waals surface area contributed by atoms with Gasteiger partial charge in [0.2, 0.25) is 0 Å². The first kappa shape index (κ1) is 11.4. The van der Waals surface area contributed by atoms with Crippen molar-refractivity contribution in [2.75, 3.05) is 32.7 Å². The van der Waals surface area contributed by atoms with E-state index in [0.717, 1.165) is 6.04 Å². The van der Waals surface area contributed by atoms with Crippen LogP contribution in [0.2, 0.25) is 0 Å². The number of hydrogen-bond acceptors (Lipinski definition) is 2. The SMILES string of the molecule is CC(C)N1CCC(C)(CN2CCC2)CC1. The lowest BCUT2D eigenvalue weighted by Crippen LogP contribution is -2.49. The molecule has 2 heteroatoms. The maximum Gasteiger partial charge on any atom is 0.00385 e. The van der Waals surface area contributed by atoms with Gasteiger partial charge in [0.25, 0.3) is 0 Å². The third kappa shape index (κ3) is 2.73. The van der Waals surface area contributed by atoms with Crippen molar-refractivity contribution in [2.45, 2.75) is 46.1 Å². The van der Waals surface area contributed by atoms with E-state index in [4.69, 9.17) is 0 Å². The van der Waals surface area contributed by atoms with E-state index < -0.39 is 0 Å². The molecular formula is C13H26N2. The van der Waals surface area contributed by atoms with E-state index in [1.807, 2.05) is 0 Å². The van der Waals surface area contributed by atoms with E-state index in [2.05, 4.69) is 30.6 Å². The molecule has 2 aliphatic rings. The second kappa shape index (κ2) is 4.42. The molecule has 2 rings (SSSR count). The number of likely N-dealkylation sites (tertiary alicyclic amines) is 2. The van der Waals surface area contributed by atoms with E-state index in [1.54, 1.807) is 0 Å². The molecule has 0 radical (unpaired) electrons. The molecule has 0 atom stereocenters. The second-order valence-corrected chi connectivity index (χ2v) is 6.07. The number of hydrogen-bond donors (Lipinski definition) is 0. The van der Waals surface area contributed by atoms with Gasteiger partial charge in [-0.2, -0.15) is 0 Å². The topological polar surface area (TPSA) is 6.48 Å². The summed E-state index contributed by atoms with van der Waals surface area (Å²) in [6, 6.07) is 0.735. The number of piperidine rings is 1. The lowest BCUT2D eigenvalue weighted by Gasteiger charge is -2.45. The summed E-state index contributed by atoms with van der Waals surface area (Å²) < 4.78 is 0. The van der Waals surface area contributed by atoms with Gasteiger partial charge in [-0.25, -0.2) is 0 Å². The molecule has 0 aromatic carbocycles. The van der Waals surface area contributed by atoms with Crippen LogP contribution in [-0.4, -0.2) is 48.6 Å². The summed E-state index contributed by atoms with van der Waals surface area (Å²) in [4.78, 5) is 5.25. The molecule has 2 heterocycles. The Kier molecular flexibility index (Phi) is 3.36. The van der Waals surface area contributed by atoms with Gasteiger partial charge >= 0.3 is 0 Å². The highest BCUT2D eigenvalue weighted by atomic mass is 15.2. The molecule has 0 amide bonds. The van der Waals surface area contributed by atoms with Gasteiger partial charge in [0.05, 0.1) is 0 Å². The van der Waals surface area contributed by atoms with Crippen molar-refractivity contribution in [3.63, 3.8) is 0 Å². The molecule has 2 saturated heterocycles. The zero-order valence-corrected chi connectivity index (χ0v) is 10.6. The molecule has 0 aromatic rings. The summed E-state index contributed by atoms with van der Waals surface area (Å²) in [6.07, 6.45) is 4.21. The highest BCUT2D eigenvalue weighted by Crippen LogP contribution is 2.33. The lowest BCUT2D eigenvalue weighted by atomic mass is 9.79. The summed E-state index contributed by atoms with van der Waals surface area (Å²) in [5.74, 6) is 0. The Morgan fingerprint density at radius 1 is 1.07 bits per heavy atom. The van der Waals surface area contributed by atoms with Crippen LogP contribution < -0.4 is 0 Å². The maximum absolute atomic E-state index is 2.63. The lowest BCUT2D eigenvalue weighted by molar-refractivity contribution is 0.0405. The zero-order valence-electron chi connectivity index (χ0n) is 10.6. The van der Waals surface area contributed by atoms with Crippen molar-refractivity contribution in [2.24, 2.45) is 5.41 Å². The van der Waals surface area contributed by atoms with Crippen LogP contribution in [0.1, 0.15) is 40.0 Å². The van der Waals surface area contributed by atoms with Gasteiger partial charge in [-0.1, -0.05) is 6.92 Å². The molecule has 0 spiro atoms. The van der Waals surface area contributed by atoms with E-state index in [1.165, 1.54) is 52.0 Å². The Hall–Kier alpha value is -0.0800. The molecule has 2 aliphatic heterocycles. The van der Waals surface area contributed by atoms with Gasteiger partial charge in [-0.3, -0.25) is 0 Å². The molecule has 2 fully saturated rings. The molecule has 15 heavy (non-hydrogen) atoms. The summed E-state index contributed by atoms with van der Waals surface area (Å²) in [5.41, 5.74) is 0.603. The van der Waals surface area contributed by atoms with Gasteiger partial charge in [0.1, 0.15) is 0 Å². The van der Waals surface area contributed by atoms with Crippen LogP contribution in [0.4, 0.5) is 0 Å². The molecule has 88 valence electrons. The Morgan fingerprint density at radius 3 is 2.07 bits per heavy atom. The van der Waals surface area contributed by atoms with Crippen molar-refractivity contribution in [1.82, 2.24) is 9.80 Å². The quantitative estimate of drug-likeness (QED) is 0.704. The Balaban J connectivity index is 1.79. The molecular weight excluding hydrogens is 184 g/mol. The largest absolute Gasteiger partial charge is 0.303 e. The molecule has 2 nitrogen and oxygen atoms in total. The van der Waals surface area contributed by atoms with Crippen LogP contribution in [0.5, 0.6) is 0 Å². The Bertz CT molecular complexity index is 201. The summed E-state index contributed by atoms with van der Waals surface area (Å²) >= 11 is 0. The summed E-state index contributed by atoms with van der Waals surface area (Å²) in [5, 5.41) is 0. The molecule has 0 unspecified atom stereocenters. The zero-order chi connectivity index (χ0) is 10.9. The third-order valence-corrected chi connectivity index (χ3v) is 4.29. The summed E-state index contributed by atoms with van der Waals surface area (Å²) in [7, 11) is 0. The van der Waals surface area contributed by atoms with Crippen LogP contribution >= 0.6 is 0 Å². The Morgan fingerprint density at radius 2 is 1.67 bits per heavy atom. The number of nitrogens with zero attached hydrogens (tertiary/aromatic N) is 2. The van der Waals surface area contributed by atoms with Gasteiger partial charge < -0.3 is 9.80 Å². The van der Waals surface area contributed by atoms with Gasteiger partial charge in [-0.15, -0.1) is 0 Å². The standard InChI is InChI=1S/C13H26N2/c1-12(2)15-9-5-13(3,6-10-15)11-14-7-4-8-14/h12H,4-11H2,1-3H3. The number of rotatable bonds is 3. The minimum Gasteiger partial charge on any atom is -0.303 e. The van der Waals surface area contributed by atoms with Crippen molar-refractivity contribution in [1.29, 1.82) is 0 Å². The van der Waals surface area contributed by atoms with Crippen LogP contribution in [0, 0.1) is 5.41 Å². The van der Waals surface area contributed by atoms with Crippen molar-refractivity contribution >= 4 is 0 Å². The fraction of sp³-hybridized carbons (Fsp3) is 1.00. The van der Waals surface area contributed by atoms with Crippen molar-refractivity contribution < 1.29 is 0 Å². The van der Waals surface area contributed by atoms with Crippen LogP contribution in [0.25, 0.3) is 0 Å². The van der Waals surface area contributed by atoms with Crippen LogP contribution in [0.3, 0.4) is 0 Å². The molecule has 0 bridgehead atoms. The van der Waals surface area contributed by atoms with Crippen molar-refractivity contribution in [3.8, 4) is 0 Å². The minimum atomic E-state index is 0.603. The third-order valence-electron chi connectivity index (χ3n) is 4.29. The molecule has 0 N–H and O–H groups in total. The van der Waals surface area contributed by atoms with Crippen molar-refractivity contribution in [3.05, 3.63) is 0 Å². The molecule has 0 saturated carbocycles. The van der Waals surface area contributed by atoms with Gasteiger partial charge in [0.15, 0.2) is 0 Å². The average molecular weight is 210 g/mol. The first-order valence-corrected chi connectivity index (χ1v) is 6.55. The van der Waals surface area contributed by atoms with Crippen LogP contribution in [-0.2, 0) is 0 Å². The molecule has 0 aromatic heterocycles. The van der Waals surface area contributed by atoms with E-state index in [-0.39, 0.29) is 0 Å². The predicted octanol–water partition coefficient (Wildman–Crippen LogP) is 2.20. The molecule has 0 aliphatic carbocycles. The minimum absolute atomic E-state index is 0.603. The maximum atomic E-state index is 2.63. The smallest absolute Gasteiger partial charge is 0.00385 e. The van der Waals surface area contributed by atoms with E-state index in [9.17, 15) is 0 Å². The highest BCUT2D eigenvalue weighted by Gasteiger charge is 2.33.